The highest BCUT2D eigenvalue weighted by molar-refractivity contribution is 7.92. The lowest BCUT2D eigenvalue weighted by atomic mass is 10.2. The van der Waals surface area contributed by atoms with Crippen LogP contribution in [0.5, 0.6) is 0 Å². The molecule has 1 aromatic heterocycles. The number of hydrogen-bond acceptors (Lipinski definition) is 6. The predicted octanol–water partition coefficient (Wildman–Crippen LogP) is 0.822. The zero-order chi connectivity index (χ0) is 14.0. The van der Waals surface area contributed by atoms with Gasteiger partial charge in [0.2, 0.25) is 5.95 Å². The molecule has 0 bridgehead atoms. The number of aromatic nitrogens is 3. The summed E-state index contributed by atoms with van der Waals surface area (Å²) < 4.78 is 26.1. The van der Waals surface area contributed by atoms with Gasteiger partial charge in [0, 0.05) is 11.6 Å². The number of hydrogen-bond donors (Lipinski definition) is 2. The minimum absolute atomic E-state index is 0.0315. The van der Waals surface area contributed by atoms with Crippen molar-refractivity contribution in [2.45, 2.75) is 11.8 Å². The third-order valence-corrected chi connectivity index (χ3v) is 3.66. The van der Waals surface area contributed by atoms with E-state index in [0.29, 0.717) is 0 Å². The number of H-pyrrole nitrogens is 1. The molecule has 2 aromatic rings. The SMILES string of the molecule is Cc1cc(S(=O)(=O)Nc2ncn[nH]2)ccc1[N+](=O)[O-]. The number of aryl methyl sites for hydroxylation is 1. The lowest BCUT2D eigenvalue weighted by Crippen LogP contribution is -2.14. The Morgan fingerprint density at radius 1 is 1.42 bits per heavy atom. The van der Waals surface area contributed by atoms with Crippen molar-refractivity contribution in [2.75, 3.05) is 4.72 Å². The Morgan fingerprint density at radius 2 is 2.16 bits per heavy atom. The van der Waals surface area contributed by atoms with Crippen molar-refractivity contribution in [1.29, 1.82) is 0 Å². The Bertz CT molecular complexity index is 710. The van der Waals surface area contributed by atoms with Crippen molar-refractivity contribution in [3.05, 3.63) is 40.2 Å². The minimum atomic E-state index is -3.85. The fraction of sp³-hybridized carbons (Fsp3) is 0.111. The van der Waals surface area contributed by atoms with E-state index in [-0.39, 0.29) is 22.1 Å². The van der Waals surface area contributed by atoms with E-state index in [4.69, 9.17) is 0 Å². The average Bonchev–Trinajstić information content (AvgIpc) is 2.80. The summed E-state index contributed by atoms with van der Waals surface area (Å²) in [5.74, 6) is -0.0315. The number of aromatic amines is 1. The summed E-state index contributed by atoms with van der Waals surface area (Å²) in [6.45, 7) is 1.46. The summed E-state index contributed by atoms with van der Waals surface area (Å²) in [5, 5.41) is 16.5. The number of benzene rings is 1. The van der Waals surface area contributed by atoms with Crippen molar-refractivity contribution >= 4 is 21.7 Å². The Labute approximate surface area is 107 Å². The maximum absolute atomic E-state index is 12.0. The van der Waals surface area contributed by atoms with Gasteiger partial charge in [-0.2, -0.15) is 10.1 Å². The number of nitro groups is 1. The fourth-order valence-electron chi connectivity index (χ4n) is 1.44. The Kier molecular flexibility index (Phi) is 3.17. The molecule has 0 aliphatic rings. The van der Waals surface area contributed by atoms with Crippen molar-refractivity contribution in [1.82, 2.24) is 15.2 Å². The van der Waals surface area contributed by atoms with Gasteiger partial charge >= 0.3 is 0 Å². The standard InChI is InChI=1S/C9H9N5O4S/c1-6-4-7(2-3-8(6)14(15)16)19(17,18)13-9-10-5-11-12-9/h2-5H,1H3,(H2,10,11,12,13). The predicted molar refractivity (Wildman–Crippen MR) is 65.0 cm³/mol. The quantitative estimate of drug-likeness (QED) is 0.630. The molecule has 0 unspecified atom stereocenters. The van der Waals surface area contributed by atoms with Crippen LogP contribution < -0.4 is 4.72 Å². The van der Waals surface area contributed by atoms with E-state index in [1.165, 1.54) is 13.0 Å². The Balaban J connectivity index is 2.36. The van der Waals surface area contributed by atoms with Gasteiger partial charge in [0.05, 0.1) is 9.82 Å². The first kappa shape index (κ1) is 13.0. The largest absolute Gasteiger partial charge is 0.272 e. The summed E-state index contributed by atoms with van der Waals surface area (Å²) in [6.07, 6.45) is 1.15. The summed E-state index contributed by atoms with van der Waals surface area (Å²) in [4.78, 5) is 13.6. The molecular weight excluding hydrogens is 274 g/mol. The molecule has 0 amide bonds. The lowest BCUT2D eigenvalue weighted by Gasteiger charge is -2.05. The van der Waals surface area contributed by atoms with Crippen LogP contribution >= 0.6 is 0 Å². The van der Waals surface area contributed by atoms with Crippen molar-refractivity contribution in [2.24, 2.45) is 0 Å². The second-order valence-electron chi connectivity index (χ2n) is 3.64. The van der Waals surface area contributed by atoms with Gasteiger partial charge in [-0.05, 0) is 19.1 Å². The Hall–Kier alpha value is -2.49. The third-order valence-electron chi connectivity index (χ3n) is 2.32. The summed E-state index contributed by atoms with van der Waals surface area (Å²) in [7, 11) is -3.85. The fourth-order valence-corrected chi connectivity index (χ4v) is 2.49. The second kappa shape index (κ2) is 4.65. The molecule has 1 heterocycles. The van der Waals surface area contributed by atoms with Crippen LogP contribution in [0.1, 0.15) is 5.56 Å². The summed E-state index contributed by atoms with van der Waals surface area (Å²) in [6, 6.07) is 3.52. The van der Waals surface area contributed by atoms with E-state index in [1.807, 2.05) is 0 Å². The molecule has 2 rings (SSSR count). The van der Waals surface area contributed by atoms with Gasteiger partial charge in [0.15, 0.2) is 0 Å². The Morgan fingerprint density at radius 3 is 2.68 bits per heavy atom. The van der Waals surface area contributed by atoms with Crippen molar-refractivity contribution < 1.29 is 13.3 Å². The maximum atomic E-state index is 12.0. The van der Waals surface area contributed by atoms with Gasteiger partial charge in [-0.25, -0.2) is 18.2 Å². The van der Waals surface area contributed by atoms with E-state index in [1.54, 1.807) is 0 Å². The molecule has 2 N–H and O–H groups in total. The number of nitrogens with one attached hydrogen (secondary N) is 2. The third kappa shape index (κ3) is 2.68. The smallest absolute Gasteiger partial charge is 0.258 e. The average molecular weight is 283 g/mol. The van der Waals surface area contributed by atoms with Crippen LogP contribution in [-0.2, 0) is 10.0 Å². The molecule has 0 saturated carbocycles. The summed E-state index contributed by atoms with van der Waals surface area (Å²) in [5.41, 5.74) is 0.115. The highest BCUT2D eigenvalue weighted by Gasteiger charge is 2.19. The van der Waals surface area contributed by atoms with Gasteiger partial charge in [0.1, 0.15) is 6.33 Å². The van der Waals surface area contributed by atoms with Crippen LogP contribution in [-0.4, -0.2) is 28.5 Å². The van der Waals surface area contributed by atoms with Crippen molar-refractivity contribution in [3.8, 4) is 0 Å². The van der Waals surface area contributed by atoms with E-state index in [2.05, 4.69) is 19.9 Å². The first-order valence-corrected chi connectivity index (χ1v) is 6.52. The molecule has 0 aliphatic heterocycles. The van der Waals surface area contributed by atoms with Crippen LogP contribution in [0.3, 0.4) is 0 Å². The van der Waals surface area contributed by atoms with E-state index in [9.17, 15) is 18.5 Å². The molecule has 19 heavy (non-hydrogen) atoms. The van der Waals surface area contributed by atoms with Gasteiger partial charge in [-0.15, -0.1) is 0 Å². The van der Waals surface area contributed by atoms with Crippen molar-refractivity contribution in [3.63, 3.8) is 0 Å². The lowest BCUT2D eigenvalue weighted by molar-refractivity contribution is -0.385. The zero-order valence-corrected chi connectivity index (χ0v) is 10.5. The van der Waals surface area contributed by atoms with Gasteiger partial charge in [-0.1, -0.05) is 0 Å². The first-order valence-electron chi connectivity index (χ1n) is 5.03. The second-order valence-corrected chi connectivity index (χ2v) is 5.33. The van der Waals surface area contributed by atoms with E-state index >= 15 is 0 Å². The van der Waals surface area contributed by atoms with E-state index in [0.717, 1.165) is 18.5 Å². The van der Waals surface area contributed by atoms with Crippen LogP contribution in [0, 0.1) is 17.0 Å². The molecule has 0 spiro atoms. The number of anilines is 1. The van der Waals surface area contributed by atoms with Crippen LogP contribution in [0.2, 0.25) is 0 Å². The topological polar surface area (TPSA) is 131 Å². The zero-order valence-electron chi connectivity index (χ0n) is 9.69. The molecule has 100 valence electrons. The molecule has 0 aliphatic carbocycles. The number of rotatable bonds is 4. The van der Waals surface area contributed by atoms with Gasteiger partial charge in [0.25, 0.3) is 15.7 Å². The highest BCUT2D eigenvalue weighted by Crippen LogP contribution is 2.22. The minimum Gasteiger partial charge on any atom is -0.258 e. The maximum Gasteiger partial charge on any atom is 0.272 e. The number of sulfonamides is 1. The highest BCUT2D eigenvalue weighted by atomic mass is 32.2. The molecule has 9 nitrogen and oxygen atoms in total. The number of nitrogens with zero attached hydrogens (tertiary/aromatic N) is 3. The normalized spacial score (nSPS) is 11.2. The monoisotopic (exact) mass is 283 g/mol. The van der Waals surface area contributed by atoms with Crippen LogP contribution in [0.25, 0.3) is 0 Å². The molecule has 0 radical (unpaired) electrons. The molecular formula is C9H9N5O4S. The van der Waals surface area contributed by atoms with Gasteiger partial charge < -0.3 is 0 Å². The first-order chi connectivity index (χ1) is 8.90. The molecule has 1 aromatic carbocycles. The van der Waals surface area contributed by atoms with Crippen LogP contribution in [0.15, 0.2) is 29.4 Å². The van der Waals surface area contributed by atoms with Crippen LogP contribution in [0.4, 0.5) is 11.6 Å². The molecule has 0 saturated heterocycles. The van der Waals surface area contributed by atoms with Gasteiger partial charge in [-0.3, -0.25) is 10.1 Å². The number of nitro benzene ring substituents is 1. The summed E-state index contributed by atoms with van der Waals surface area (Å²) >= 11 is 0. The molecule has 10 heteroatoms. The van der Waals surface area contributed by atoms with E-state index < -0.39 is 14.9 Å². The molecule has 0 fully saturated rings. The molecule has 0 atom stereocenters.